The number of rotatable bonds is 5. The zero-order valence-corrected chi connectivity index (χ0v) is 14.9. The van der Waals surface area contributed by atoms with E-state index in [9.17, 15) is 4.79 Å². The zero-order valence-electron chi connectivity index (χ0n) is 13.3. The highest BCUT2D eigenvalue weighted by molar-refractivity contribution is 7.99. The molecule has 0 atom stereocenters. The first-order valence-electron chi connectivity index (χ1n) is 7.46. The van der Waals surface area contributed by atoms with E-state index in [0.29, 0.717) is 40.6 Å². The Hall–Kier alpha value is -1.93. The average Bonchev–Trinajstić information content (AvgIpc) is 3.02. The van der Waals surface area contributed by atoms with Crippen LogP contribution in [0.25, 0.3) is 0 Å². The van der Waals surface area contributed by atoms with Crippen molar-refractivity contribution in [2.45, 2.75) is 25.0 Å². The fraction of sp³-hybridized carbons (Fsp3) is 0.400. The standard InChI is InChI=1S/C15H17ClN4O3S/c1-9(2)20-8-17-19-15(20)24-7-14(21)18-11-6-13-12(5-10(11)16)22-3-4-23-13/h5-6,8-9H,3-4,7H2,1-2H3,(H,18,21). The molecule has 9 heteroatoms. The summed E-state index contributed by atoms with van der Waals surface area (Å²) in [5.74, 6) is 1.18. The number of nitrogens with zero attached hydrogens (tertiary/aromatic N) is 3. The maximum absolute atomic E-state index is 12.2. The molecule has 0 bridgehead atoms. The number of benzene rings is 1. The number of fused-ring (bicyclic) bond motifs is 1. The number of hydrogen-bond acceptors (Lipinski definition) is 6. The summed E-state index contributed by atoms with van der Waals surface area (Å²) in [5, 5.41) is 11.8. The normalized spacial score (nSPS) is 13.2. The first-order chi connectivity index (χ1) is 11.5. The van der Waals surface area contributed by atoms with Gasteiger partial charge >= 0.3 is 0 Å². The Bertz CT molecular complexity index is 750. The van der Waals surface area contributed by atoms with Crippen molar-refractivity contribution in [3.8, 4) is 11.5 Å². The van der Waals surface area contributed by atoms with E-state index >= 15 is 0 Å². The molecular weight excluding hydrogens is 352 g/mol. The molecule has 1 N–H and O–H groups in total. The lowest BCUT2D eigenvalue weighted by Crippen LogP contribution is -2.18. The van der Waals surface area contributed by atoms with Crippen molar-refractivity contribution < 1.29 is 14.3 Å². The quantitative estimate of drug-likeness (QED) is 0.817. The molecule has 0 saturated heterocycles. The van der Waals surface area contributed by atoms with E-state index in [1.165, 1.54) is 11.8 Å². The molecular formula is C15H17ClN4O3S. The highest BCUT2D eigenvalue weighted by atomic mass is 35.5. The van der Waals surface area contributed by atoms with Gasteiger partial charge in [0.1, 0.15) is 19.5 Å². The molecule has 0 aliphatic carbocycles. The van der Waals surface area contributed by atoms with E-state index in [1.54, 1.807) is 18.5 Å². The Morgan fingerprint density at radius 2 is 2.08 bits per heavy atom. The van der Waals surface area contributed by atoms with Crippen molar-refractivity contribution in [1.29, 1.82) is 0 Å². The van der Waals surface area contributed by atoms with Gasteiger partial charge in [-0.3, -0.25) is 4.79 Å². The summed E-state index contributed by atoms with van der Waals surface area (Å²) in [7, 11) is 0. The maximum Gasteiger partial charge on any atom is 0.234 e. The van der Waals surface area contributed by atoms with Crippen LogP contribution < -0.4 is 14.8 Å². The first kappa shape index (κ1) is 16.9. The third kappa shape index (κ3) is 3.76. The molecule has 0 radical (unpaired) electrons. The molecule has 1 aliphatic heterocycles. The summed E-state index contributed by atoms with van der Waals surface area (Å²) in [4.78, 5) is 12.2. The molecule has 0 saturated carbocycles. The van der Waals surface area contributed by atoms with Crippen LogP contribution in [0, 0.1) is 0 Å². The molecule has 24 heavy (non-hydrogen) atoms. The largest absolute Gasteiger partial charge is 0.486 e. The lowest BCUT2D eigenvalue weighted by molar-refractivity contribution is -0.113. The lowest BCUT2D eigenvalue weighted by atomic mass is 10.2. The molecule has 2 aromatic rings. The van der Waals surface area contributed by atoms with E-state index in [4.69, 9.17) is 21.1 Å². The maximum atomic E-state index is 12.2. The number of hydrogen-bond donors (Lipinski definition) is 1. The van der Waals surface area contributed by atoms with Crippen LogP contribution in [0.1, 0.15) is 19.9 Å². The molecule has 3 rings (SSSR count). The van der Waals surface area contributed by atoms with Gasteiger partial charge in [-0.15, -0.1) is 10.2 Å². The van der Waals surface area contributed by atoms with Gasteiger partial charge in [0, 0.05) is 18.2 Å². The number of nitrogens with one attached hydrogen (secondary N) is 1. The predicted octanol–water partition coefficient (Wildman–Crippen LogP) is 3.01. The van der Waals surface area contributed by atoms with Crippen LogP contribution in [0.15, 0.2) is 23.6 Å². The Morgan fingerprint density at radius 3 is 2.79 bits per heavy atom. The molecule has 7 nitrogen and oxygen atoms in total. The van der Waals surface area contributed by atoms with Crippen molar-refractivity contribution in [1.82, 2.24) is 14.8 Å². The van der Waals surface area contributed by atoms with Gasteiger partial charge in [-0.05, 0) is 13.8 Å². The smallest absolute Gasteiger partial charge is 0.234 e. The van der Waals surface area contributed by atoms with Gasteiger partial charge in [0.25, 0.3) is 0 Å². The Morgan fingerprint density at radius 1 is 1.38 bits per heavy atom. The van der Waals surface area contributed by atoms with Crippen LogP contribution in [0.3, 0.4) is 0 Å². The van der Waals surface area contributed by atoms with Gasteiger partial charge in [-0.1, -0.05) is 23.4 Å². The Kier molecular flexibility index (Phi) is 5.15. The van der Waals surface area contributed by atoms with Crippen LogP contribution in [-0.2, 0) is 4.79 Å². The van der Waals surface area contributed by atoms with E-state index < -0.39 is 0 Å². The summed E-state index contributed by atoms with van der Waals surface area (Å²) >= 11 is 7.51. The van der Waals surface area contributed by atoms with E-state index in [1.807, 2.05) is 18.4 Å². The second-order valence-electron chi connectivity index (χ2n) is 5.43. The topological polar surface area (TPSA) is 78.3 Å². The minimum Gasteiger partial charge on any atom is -0.486 e. The minimum absolute atomic E-state index is 0.183. The van der Waals surface area contributed by atoms with Crippen molar-refractivity contribution >= 4 is 35.0 Å². The fourth-order valence-corrected chi connectivity index (χ4v) is 3.21. The number of ether oxygens (including phenoxy) is 2. The second-order valence-corrected chi connectivity index (χ2v) is 6.78. The highest BCUT2D eigenvalue weighted by Crippen LogP contribution is 2.38. The third-order valence-electron chi connectivity index (χ3n) is 3.33. The fourth-order valence-electron chi connectivity index (χ4n) is 2.17. The third-order valence-corrected chi connectivity index (χ3v) is 4.60. The van der Waals surface area contributed by atoms with Gasteiger partial charge < -0.3 is 19.4 Å². The van der Waals surface area contributed by atoms with Gasteiger partial charge in [0.05, 0.1) is 16.5 Å². The molecule has 1 aromatic heterocycles. The zero-order chi connectivity index (χ0) is 17.1. The lowest BCUT2D eigenvalue weighted by Gasteiger charge is -2.20. The Balaban J connectivity index is 1.64. The number of halogens is 1. The molecule has 0 unspecified atom stereocenters. The number of carbonyl (C=O) groups excluding carboxylic acids is 1. The molecule has 1 aliphatic rings. The molecule has 1 amide bonds. The average molecular weight is 369 g/mol. The summed E-state index contributed by atoms with van der Waals surface area (Å²) in [6, 6.07) is 3.56. The molecule has 128 valence electrons. The minimum atomic E-state index is -0.183. The Labute approximate surface area is 148 Å². The summed E-state index contributed by atoms with van der Waals surface area (Å²) in [6.45, 7) is 5.02. The van der Waals surface area contributed by atoms with Crippen LogP contribution in [0.2, 0.25) is 5.02 Å². The van der Waals surface area contributed by atoms with Crippen molar-refractivity contribution in [3.63, 3.8) is 0 Å². The number of thioether (sulfide) groups is 1. The van der Waals surface area contributed by atoms with Crippen molar-refractivity contribution in [3.05, 3.63) is 23.5 Å². The number of carbonyl (C=O) groups is 1. The second kappa shape index (κ2) is 7.31. The number of amides is 1. The van der Waals surface area contributed by atoms with Gasteiger partial charge in [-0.2, -0.15) is 0 Å². The SMILES string of the molecule is CC(C)n1cnnc1SCC(=O)Nc1cc2c(cc1Cl)OCCO2. The number of aromatic nitrogens is 3. The van der Waals surface area contributed by atoms with Crippen molar-refractivity contribution in [2.24, 2.45) is 0 Å². The molecule has 1 aromatic carbocycles. The molecule has 0 fully saturated rings. The summed E-state index contributed by atoms with van der Waals surface area (Å²) < 4.78 is 12.9. The van der Waals surface area contributed by atoms with Crippen LogP contribution >= 0.6 is 23.4 Å². The van der Waals surface area contributed by atoms with E-state index in [0.717, 1.165) is 0 Å². The van der Waals surface area contributed by atoms with Gasteiger partial charge in [0.15, 0.2) is 16.7 Å². The predicted molar refractivity (Wildman–Crippen MR) is 92.2 cm³/mol. The highest BCUT2D eigenvalue weighted by Gasteiger charge is 2.17. The number of anilines is 1. The van der Waals surface area contributed by atoms with Gasteiger partial charge in [0.2, 0.25) is 5.91 Å². The summed E-state index contributed by atoms with van der Waals surface area (Å²) in [5.41, 5.74) is 0.497. The monoisotopic (exact) mass is 368 g/mol. The first-order valence-corrected chi connectivity index (χ1v) is 8.82. The van der Waals surface area contributed by atoms with Gasteiger partial charge in [-0.25, -0.2) is 0 Å². The van der Waals surface area contributed by atoms with Crippen LogP contribution in [0.5, 0.6) is 11.5 Å². The molecule has 0 spiro atoms. The van der Waals surface area contributed by atoms with Crippen LogP contribution in [-0.4, -0.2) is 39.6 Å². The van der Waals surface area contributed by atoms with E-state index in [-0.39, 0.29) is 17.7 Å². The van der Waals surface area contributed by atoms with Crippen LogP contribution in [0.4, 0.5) is 5.69 Å². The molecule has 2 heterocycles. The summed E-state index contributed by atoms with van der Waals surface area (Å²) in [6.07, 6.45) is 1.66. The van der Waals surface area contributed by atoms with Crippen molar-refractivity contribution in [2.75, 3.05) is 24.3 Å². The van der Waals surface area contributed by atoms with E-state index in [2.05, 4.69) is 15.5 Å².